The van der Waals surface area contributed by atoms with Crippen LogP contribution in [0.1, 0.15) is 21.5 Å². The van der Waals surface area contributed by atoms with Crippen molar-refractivity contribution < 1.29 is 14.3 Å². The summed E-state index contributed by atoms with van der Waals surface area (Å²) in [6.07, 6.45) is 1.03. The number of methoxy groups -OCH3 is 1. The minimum Gasteiger partial charge on any atom is -0.497 e. The van der Waals surface area contributed by atoms with Gasteiger partial charge in [0, 0.05) is 17.5 Å². The molecule has 0 amide bonds. The Kier molecular flexibility index (Phi) is 4.20. The maximum absolute atomic E-state index is 13.0. The van der Waals surface area contributed by atoms with Gasteiger partial charge in [0.05, 0.1) is 7.11 Å². The molecule has 0 aliphatic rings. The van der Waals surface area contributed by atoms with Crippen molar-refractivity contribution in [2.75, 3.05) is 7.11 Å². The van der Waals surface area contributed by atoms with Gasteiger partial charge in [-0.2, -0.15) is 0 Å². The molecule has 3 aromatic carbocycles. The number of rotatable bonds is 5. The van der Waals surface area contributed by atoms with Crippen LogP contribution in [0.5, 0.6) is 5.75 Å². The van der Waals surface area contributed by atoms with Crippen LogP contribution in [0.25, 0.3) is 10.8 Å². The molecule has 114 valence electrons. The van der Waals surface area contributed by atoms with Crippen molar-refractivity contribution >= 4 is 22.8 Å². The van der Waals surface area contributed by atoms with E-state index in [1.165, 1.54) is 0 Å². The van der Waals surface area contributed by atoms with Gasteiger partial charge in [0.25, 0.3) is 0 Å². The first-order valence-electron chi connectivity index (χ1n) is 7.37. The molecule has 0 aliphatic carbocycles. The topological polar surface area (TPSA) is 43.4 Å². The number of ketones is 1. The van der Waals surface area contributed by atoms with Gasteiger partial charge in [-0.25, -0.2) is 0 Å². The molecule has 3 rings (SSSR count). The van der Waals surface area contributed by atoms with Gasteiger partial charge in [-0.1, -0.05) is 48.5 Å². The molecule has 23 heavy (non-hydrogen) atoms. The van der Waals surface area contributed by atoms with Crippen molar-refractivity contribution in [1.82, 2.24) is 0 Å². The van der Waals surface area contributed by atoms with Crippen molar-refractivity contribution in [3.05, 3.63) is 77.4 Å². The third-order valence-corrected chi connectivity index (χ3v) is 3.88. The highest BCUT2D eigenvalue weighted by Crippen LogP contribution is 2.28. The van der Waals surface area contributed by atoms with Gasteiger partial charge in [0.1, 0.15) is 12.0 Å². The van der Waals surface area contributed by atoms with Gasteiger partial charge in [-0.15, -0.1) is 0 Å². The summed E-state index contributed by atoms with van der Waals surface area (Å²) in [5, 5.41) is 1.75. The maximum atomic E-state index is 13.0. The SMILES string of the molecule is COc1ccc2ccc(CC=O)c(C(=O)c3ccccc3)c2c1. The van der Waals surface area contributed by atoms with Crippen LogP contribution in [0.15, 0.2) is 60.7 Å². The number of aldehydes is 1. The zero-order valence-corrected chi connectivity index (χ0v) is 12.8. The summed E-state index contributed by atoms with van der Waals surface area (Å²) in [5.74, 6) is 0.601. The molecule has 0 heterocycles. The number of fused-ring (bicyclic) bond motifs is 1. The monoisotopic (exact) mass is 304 g/mol. The minimum absolute atomic E-state index is 0.0821. The Labute approximate surface area is 134 Å². The highest BCUT2D eigenvalue weighted by molar-refractivity contribution is 6.17. The van der Waals surface area contributed by atoms with E-state index < -0.39 is 0 Å². The van der Waals surface area contributed by atoms with E-state index in [1.54, 1.807) is 19.2 Å². The summed E-state index contributed by atoms with van der Waals surface area (Å²) in [7, 11) is 1.59. The highest BCUT2D eigenvalue weighted by atomic mass is 16.5. The second-order valence-electron chi connectivity index (χ2n) is 5.25. The molecule has 0 N–H and O–H groups in total. The first-order valence-corrected chi connectivity index (χ1v) is 7.37. The largest absolute Gasteiger partial charge is 0.497 e. The standard InChI is InChI=1S/C20H16O3/c1-23-17-10-9-14-7-8-15(11-12-21)19(18(14)13-17)20(22)16-5-3-2-4-6-16/h2-10,12-13H,11H2,1H3. The molecule has 0 radical (unpaired) electrons. The number of ether oxygens (including phenoxy) is 1. The second-order valence-corrected chi connectivity index (χ2v) is 5.25. The van der Waals surface area contributed by atoms with Gasteiger partial charge < -0.3 is 9.53 Å². The first-order chi connectivity index (χ1) is 11.2. The fraction of sp³-hybridized carbons (Fsp3) is 0.100. The Hall–Kier alpha value is -2.94. The lowest BCUT2D eigenvalue weighted by molar-refractivity contribution is -0.107. The summed E-state index contributed by atoms with van der Waals surface area (Å²) in [6, 6.07) is 18.5. The number of hydrogen-bond acceptors (Lipinski definition) is 3. The normalized spacial score (nSPS) is 10.5. The molecule has 0 fully saturated rings. The van der Waals surface area contributed by atoms with E-state index in [-0.39, 0.29) is 12.2 Å². The molecule has 3 nitrogen and oxygen atoms in total. The van der Waals surface area contributed by atoms with Crippen molar-refractivity contribution in [2.45, 2.75) is 6.42 Å². The van der Waals surface area contributed by atoms with Crippen LogP contribution in [0, 0.1) is 0 Å². The fourth-order valence-electron chi connectivity index (χ4n) is 2.73. The third kappa shape index (κ3) is 2.86. The van der Waals surface area contributed by atoms with Gasteiger partial charge in [0.2, 0.25) is 0 Å². The molecule has 0 spiro atoms. The number of carbonyl (C=O) groups excluding carboxylic acids is 2. The Morgan fingerprint density at radius 1 is 1.04 bits per heavy atom. The lowest BCUT2D eigenvalue weighted by Crippen LogP contribution is -2.07. The molecule has 0 unspecified atom stereocenters. The molecular formula is C20H16O3. The van der Waals surface area contributed by atoms with Crippen molar-refractivity contribution in [3.63, 3.8) is 0 Å². The van der Waals surface area contributed by atoms with Crippen LogP contribution in [-0.2, 0) is 11.2 Å². The third-order valence-electron chi connectivity index (χ3n) is 3.88. The van der Waals surface area contributed by atoms with E-state index >= 15 is 0 Å². The molecule has 0 atom stereocenters. The second kappa shape index (κ2) is 6.44. The molecule has 3 aromatic rings. The lowest BCUT2D eigenvalue weighted by Gasteiger charge is -2.12. The molecule has 0 saturated carbocycles. The summed E-state index contributed by atoms with van der Waals surface area (Å²) in [6.45, 7) is 0. The van der Waals surface area contributed by atoms with Crippen molar-refractivity contribution in [3.8, 4) is 5.75 Å². The van der Waals surface area contributed by atoms with Gasteiger partial charge in [-0.3, -0.25) is 4.79 Å². The van der Waals surface area contributed by atoms with E-state index in [0.717, 1.165) is 22.6 Å². The average molecular weight is 304 g/mol. The average Bonchev–Trinajstić information content (AvgIpc) is 2.61. The fourth-order valence-corrected chi connectivity index (χ4v) is 2.73. The molecule has 0 aromatic heterocycles. The Bertz CT molecular complexity index is 867. The Morgan fingerprint density at radius 2 is 1.78 bits per heavy atom. The van der Waals surface area contributed by atoms with Crippen molar-refractivity contribution in [2.24, 2.45) is 0 Å². The van der Waals surface area contributed by atoms with E-state index in [4.69, 9.17) is 4.74 Å². The Morgan fingerprint density at radius 3 is 2.48 bits per heavy atom. The van der Waals surface area contributed by atoms with Crippen LogP contribution < -0.4 is 4.74 Å². The minimum atomic E-state index is -0.0821. The first kappa shape index (κ1) is 15.0. The highest BCUT2D eigenvalue weighted by Gasteiger charge is 2.17. The molecule has 0 saturated heterocycles. The molecule has 3 heteroatoms. The quantitative estimate of drug-likeness (QED) is 0.531. The smallest absolute Gasteiger partial charge is 0.193 e. The van der Waals surface area contributed by atoms with Crippen LogP contribution in [0.2, 0.25) is 0 Å². The van der Waals surface area contributed by atoms with Gasteiger partial charge >= 0.3 is 0 Å². The summed E-state index contributed by atoms with van der Waals surface area (Å²) >= 11 is 0. The maximum Gasteiger partial charge on any atom is 0.193 e. The zero-order chi connectivity index (χ0) is 16.2. The van der Waals surface area contributed by atoms with Crippen LogP contribution in [0.3, 0.4) is 0 Å². The predicted octanol–water partition coefficient (Wildman–Crippen LogP) is 3.82. The van der Waals surface area contributed by atoms with E-state index in [1.807, 2.05) is 48.5 Å². The molecule has 0 aliphatic heterocycles. The summed E-state index contributed by atoms with van der Waals surface area (Å²) in [5.41, 5.74) is 1.91. The Balaban J connectivity index is 2.28. The van der Waals surface area contributed by atoms with Crippen LogP contribution in [0.4, 0.5) is 0 Å². The molecular weight excluding hydrogens is 288 g/mol. The van der Waals surface area contributed by atoms with Gasteiger partial charge in [-0.05, 0) is 28.5 Å². The van der Waals surface area contributed by atoms with E-state index in [0.29, 0.717) is 16.9 Å². The number of hydrogen-bond donors (Lipinski definition) is 0. The summed E-state index contributed by atoms with van der Waals surface area (Å²) in [4.78, 5) is 24.0. The number of carbonyl (C=O) groups is 2. The van der Waals surface area contributed by atoms with Crippen LogP contribution in [-0.4, -0.2) is 19.2 Å². The zero-order valence-electron chi connectivity index (χ0n) is 12.8. The predicted molar refractivity (Wildman–Crippen MR) is 90.1 cm³/mol. The van der Waals surface area contributed by atoms with E-state index in [2.05, 4.69) is 0 Å². The van der Waals surface area contributed by atoms with Gasteiger partial charge in [0.15, 0.2) is 5.78 Å². The number of benzene rings is 3. The lowest BCUT2D eigenvalue weighted by atomic mass is 9.91. The van der Waals surface area contributed by atoms with Crippen molar-refractivity contribution in [1.29, 1.82) is 0 Å². The van der Waals surface area contributed by atoms with E-state index in [9.17, 15) is 9.59 Å². The summed E-state index contributed by atoms with van der Waals surface area (Å²) < 4.78 is 5.28. The van der Waals surface area contributed by atoms with Crippen LogP contribution >= 0.6 is 0 Å². The molecule has 0 bridgehead atoms.